The van der Waals surface area contributed by atoms with E-state index in [0.717, 1.165) is 23.0 Å². The van der Waals surface area contributed by atoms with Crippen molar-refractivity contribution in [1.29, 1.82) is 0 Å². The van der Waals surface area contributed by atoms with Gasteiger partial charge in [-0.1, -0.05) is 66.7 Å². The monoisotopic (exact) mass is 444 g/mol. The number of nitrogens with zero attached hydrogens (tertiary/aromatic N) is 2. The highest BCUT2D eigenvalue weighted by Gasteiger charge is 2.64. The summed E-state index contributed by atoms with van der Waals surface area (Å²) in [5, 5.41) is 8.55. The summed E-state index contributed by atoms with van der Waals surface area (Å²) < 4.78 is 0. The average Bonchev–Trinajstić information content (AvgIpc) is 3.22. The maximum atomic E-state index is 14.1. The first-order valence-electron chi connectivity index (χ1n) is 10.3. The molecule has 0 aromatic heterocycles. The van der Waals surface area contributed by atoms with Crippen LogP contribution in [-0.4, -0.2) is 28.1 Å². The number of anilines is 2. The van der Waals surface area contributed by atoms with Crippen LogP contribution in [0.4, 0.5) is 11.4 Å². The van der Waals surface area contributed by atoms with Crippen LogP contribution in [0.25, 0.3) is 0 Å². The fourth-order valence-electron chi connectivity index (χ4n) is 4.44. The molecule has 3 aromatic carbocycles. The molecule has 1 spiro atoms. The van der Waals surface area contributed by atoms with Gasteiger partial charge in [0.1, 0.15) is 0 Å². The van der Waals surface area contributed by atoms with Crippen LogP contribution < -0.4 is 9.80 Å². The summed E-state index contributed by atoms with van der Waals surface area (Å²) >= 11 is 1.13. The first-order chi connectivity index (χ1) is 15.5. The van der Waals surface area contributed by atoms with Crippen molar-refractivity contribution in [3.8, 4) is 0 Å². The molecule has 6 nitrogen and oxygen atoms in total. The highest BCUT2D eigenvalue weighted by molar-refractivity contribution is 8.03. The molecule has 0 bridgehead atoms. The molecule has 1 N–H and O–H groups in total. The van der Waals surface area contributed by atoms with E-state index in [0.29, 0.717) is 17.8 Å². The Hall–Kier alpha value is -3.58. The van der Waals surface area contributed by atoms with Crippen molar-refractivity contribution in [3.05, 3.63) is 96.1 Å². The van der Waals surface area contributed by atoms with Gasteiger partial charge in [0.25, 0.3) is 5.91 Å². The summed E-state index contributed by atoms with van der Waals surface area (Å²) in [6, 6.07) is 26.1. The van der Waals surface area contributed by atoms with Crippen LogP contribution in [0.15, 0.2) is 84.9 Å². The lowest BCUT2D eigenvalue weighted by molar-refractivity contribution is -0.138. The number of carboxylic acids is 1. The Balaban J connectivity index is 1.67. The number of thioether (sulfide) groups is 1. The third-order valence-corrected chi connectivity index (χ3v) is 7.35. The maximum Gasteiger partial charge on any atom is 0.305 e. The van der Waals surface area contributed by atoms with Crippen LogP contribution in [0.3, 0.4) is 0 Å². The summed E-state index contributed by atoms with van der Waals surface area (Å²) in [5.41, 5.74) is 2.98. The quantitative estimate of drug-likeness (QED) is 0.643. The van der Waals surface area contributed by atoms with Gasteiger partial charge >= 0.3 is 5.97 Å². The predicted molar refractivity (Wildman–Crippen MR) is 123 cm³/mol. The van der Waals surface area contributed by atoms with Crippen molar-refractivity contribution in [3.63, 3.8) is 0 Å². The number of rotatable bonds is 5. The van der Waals surface area contributed by atoms with Gasteiger partial charge in [-0.3, -0.25) is 19.3 Å². The molecule has 0 unspecified atom stereocenters. The van der Waals surface area contributed by atoms with E-state index in [-0.39, 0.29) is 18.2 Å². The van der Waals surface area contributed by atoms with Crippen molar-refractivity contribution >= 4 is 40.9 Å². The Morgan fingerprint density at radius 2 is 1.53 bits per heavy atom. The van der Waals surface area contributed by atoms with E-state index in [1.54, 1.807) is 29.2 Å². The van der Waals surface area contributed by atoms with Crippen molar-refractivity contribution in [2.75, 3.05) is 9.80 Å². The molecule has 3 aromatic rings. The molecule has 160 valence electrons. The highest BCUT2D eigenvalue weighted by atomic mass is 32.2. The molecule has 7 heteroatoms. The Morgan fingerprint density at radius 1 is 0.906 bits per heavy atom. The predicted octanol–water partition coefficient (Wildman–Crippen LogP) is 4.01. The fraction of sp³-hybridized carbons (Fsp3) is 0.160. The van der Waals surface area contributed by atoms with Crippen LogP contribution in [-0.2, 0) is 25.8 Å². The van der Waals surface area contributed by atoms with Gasteiger partial charge in [0.2, 0.25) is 10.8 Å². The minimum absolute atomic E-state index is 0.238. The zero-order valence-corrected chi connectivity index (χ0v) is 17.9. The van der Waals surface area contributed by atoms with Crippen molar-refractivity contribution in [1.82, 2.24) is 0 Å². The summed E-state index contributed by atoms with van der Waals surface area (Å²) in [6.07, 6.45) is -0.345. The third-order valence-electron chi connectivity index (χ3n) is 5.78. The van der Waals surface area contributed by atoms with E-state index in [2.05, 4.69) is 0 Å². The molecule has 0 saturated carbocycles. The fourth-order valence-corrected chi connectivity index (χ4v) is 6.09. The van der Waals surface area contributed by atoms with E-state index in [1.165, 1.54) is 4.90 Å². The lowest BCUT2D eigenvalue weighted by atomic mass is 10.0. The Labute approximate surface area is 189 Å². The van der Waals surface area contributed by atoms with Crippen LogP contribution in [0.2, 0.25) is 0 Å². The van der Waals surface area contributed by atoms with Gasteiger partial charge in [0.05, 0.1) is 23.9 Å². The summed E-state index contributed by atoms with van der Waals surface area (Å²) in [7, 11) is 0. The smallest absolute Gasteiger partial charge is 0.305 e. The number of fused-ring (bicyclic) bond motifs is 2. The SMILES string of the molecule is O=C(O)C[C@@H]1S[C@@]2(C(=O)N(Cc3ccccc3)c3ccccc32)N(c2ccccc2)C1=O. The number of para-hydroxylation sites is 2. The molecule has 2 heterocycles. The van der Waals surface area contributed by atoms with E-state index in [9.17, 15) is 19.5 Å². The van der Waals surface area contributed by atoms with E-state index in [4.69, 9.17) is 0 Å². The van der Waals surface area contributed by atoms with E-state index < -0.39 is 16.1 Å². The molecule has 2 amide bonds. The normalized spacial score (nSPS) is 21.9. The Morgan fingerprint density at radius 3 is 2.22 bits per heavy atom. The molecule has 5 rings (SSSR count). The van der Waals surface area contributed by atoms with Crippen molar-refractivity contribution < 1.29 is 19.5 Å². The van der Waals surface area contributed by atoms with E-state index >= 15 is 0 Å². The topological polar surface area (TPSA) is 77.9 Å². The van der Waals surface area contributed by atoms with Crippen molar-refractivity contribution in [2.24, 2.45) is 0 Å². The van der Waals surface area contributed by atoms with Crippen molar-refractivity contribution in [2.45, 2.75) is 23.1 Å². The van der Waals surface area contributed by atoms with Gasteiger partial charge in [-0.15, -0.1) is 11.8 Å². The molecular formula is C25H20N2O4S. The van der Waals surface area contributed by atoms with Gasteiger partial charge in [0.15, 0.2) is 0 Å². The molecule has 2 aliphatic rings. The third kappa shape index (κ3) is 3.08. The van der Waals surface area contributed by atoms with Gasteiger partial charge in [-0.2, -0.15) is 0 Å². The van der Waals surface area contributed by atoms with E-state index in [1.807, 2.05) is 60.7 Å². The molecule has 1 fully saturated rings. The maximum absolute atomic E-state index is 14.1. The Bertz CT molecular complexity index is 1200. The average molecular weight is 445 g/mol. The zero-order valence-electron chi connectivity index (χ0n) is 17.0. The zero-order chi connectivity index (χ0) is 22.3. The molecule has 2 atom stereocenters. The van der Waals surface area contributed by atoms with Crippen LogP contribution in [0.5, 0.6) is 0 Å². The van der Waals surface area contributed by atoms with Gasteiger partial charge in [-0.05, 0) is 23.8 Å². The summed E-state index contributed by atoms with van der Waals surface area (Å²) in [6.45, 7) is 0.361. The number of benzene rings is 3. The number of aliphatic carboxylic acids is 1. The minimum Gasteiger partial charge on any atom is -0.481 e. The number of carbonyl (C=O) groups excluding carboxylic acids is 2. The molecule has 32 heavy (non-hydrogen) atoms. The van der Waals surface area contributed by atoms with Gasteiger partial charge in [0, 0.05) is 11.3 Å². The first kappa shape index (κ1) is 20.3. The molecule has 0 radical (unpaired) electrons. The summed E-state index contributed by atoms with van der Waals surface area (Å²) in [5.74, 6) is -1.67. The number of carboxylic acid groups (broad SMARTS) is 1. The number of hydrogen-bond donors (Lipinski definition) is 1. The number of carbonyl (C=O) groups is 3. The largest absolute Gasteiger partial charge is 0.481 e. The first-order valence-corrected chi connectivity index (χ1v) is 11.1. The second kappa shape index (κ2) is 7.84. The molecule has 0 aliphatic carbocycles. The Kier molecular flexibility index (Phi) is 4.98. The second-order valence-corrected chi connectivity index (χ2v) is 9.15. The highest BCUT2D eigenvalue weighted by Crippen LogP contribution is 2.58. The van der Waals surface area contributed by atoms with Crippen LogP contribution in [0.1, 0.15) is 17.5 Å². The van der Waals surface area contributed by atoms with Crippen LogP contribution in [0, 0.1) is 0 Å². The molecule has 2 aliphatic heterocycles. The second-order valence-electron chi connectivity index (χ2n) is 7.75. The number of hydrogen-bond acceptors (Lipinski definition) is 4. The number of amides is 2. The minimum atomic E-state index is -1.34. The standard InChI is InChI=1S/C25H20N2O4S/c28-22(29)15-21-23(30)27(18-11-5-2-6-12-18)25(32-21)19-13-7-8-14-20(19)26(24(25)31)16-17-9-3-1-4-10-17/h1-14,21H,15-16H2,(H,28,29)/t21-,25-/m0/s1. The molecular weight excluding hydrogens is 424 g/mol. The lowest BCUT2D eigenvalue weighted by Crippen LogP contribution is -2.49. The van der Waals surface area contributed by atoms with Gasteiger partial charge in [-0.25, -0.2) is 0 Å². The van der Waals surface area contributed by atoms with Crippen LogP contribution >= 0.6 is 11.8 Å². The lowest BCUT2D eigenvalue weighted by Gasteiger charge is -2.33. The molecule has 1 saturated heterocycles. The summed E-state index contributed by atoms with van der Waals surface area (Å²) in [4.78, 5) is 41.0. The van der Waals surface area contributed by atoms with Gasteiger partial charge < -0.3 is 10.0 Å².